The van der Waals surface area contributed by atoms with E-state index in [0.29, 0.717) is 18.8 Å². The molecule has 2 rings (SSSR count). The van der Waals surface area contributed by atoms with Gasteiger partial charge in [0.05, 0.1) is 4.92 Å². The van der Waals surface area contributed by atoms with Gasteiger partial charge in [-0.2, -0.15) is 0 Å². The van der Waals surface area contributed by atoms with Crippen molar-refractivity contribution in [3.63, 3.8) is 0 Å². The number of benzene rings is 1. The highest BCUT2D eigenvalue weighted by atomic mass is 16.6. The number of hydrogen-bond acceptors (Lipinski definition) is 5. The zero-order chi connectivity index (χ0) is 17.0. The zero-order valence-corrected chi connectivity index (χ0v) is 13.2. The van der Waals surface area contributed by atoms with Gasteiger partial charge in [-0.25, -0.2) is 0 Å². The monoisotopic (exact) mass is 320 g/mol. The maximum atomic E-state index is 11.6. The lowest BCUT2D eigenvalue weighted by Crippen LogP contribution is -2.44. The largest absolute Gasteiger partial charge is 0.366 e. The molecule has 2 amide bonds. The minimum Gasteiger partial charge on any atom is -0.366 e. The summed E-state index contributed by atoms with van der Waals surface area (Å²) in [6.45, 7) is 2.71. The Bertz CT molecular complexity index is 624. The van der Waals surface area contributed by atoms with Crippen molar-refractivity contribution < 1.29 is 14.5 Å². The number of carbonyl (C=O) groups is 2. The van der Waals surface area contributed by atoms with Crippen LogP contribution in [0.1, 0.15) is 30.1 Å². The average Bonchev–Trinajstić information content (AvgIpc) is 2.53. The highest BCUT2D eigenvalue weighted by Gasteiger charge is 2.26. The highest BCUT2D eigenvalue weighted by molar-refractivity contribution is 5.95. The van der Waals surface area contributed by atoms with Gasteiger partial charge in [0, 0.05) is 44.7 Å². The molecular formula is C15H20N4O4. The van der Waals surface area contributed by atoms with Gasteiger partial charge in [0.2, 0.25) is 5.91 Å². The molecule has 1 aliphatic rings. The number of piperidine rings is 1. The van der Waals surface area contributed by atoms with Crippen molar-refractivity contribution in [2.24, 2.45) is 0 Å². The Kier molecular flexibility index (Phi) is 5.15. The second-order valence-electron chi connectivity index (χ2n) is 5.50. The Morgan fingerprint density at radius 2 is 1.96 bits per heavy atom. The quantitative estimate of drug-likeness (QED) is 0.637. The number of nitrogens with one attached hydrogen (secondary N) is 2. The maximum absolute atomic E-state index is 11.6. The summed E-state index contributed by atoms with van der Waals surface area (Å²) < 4.78 is 0. The predicted molar refractivity (Wildman–Crippen MR) is 85.5 cm³/mol. The number of nitro groups is 1. The van der Waals surface area contributed by atoms with Gasteiger partial charge in [0.1, 0.15) is 5.69 Å². The Labute approximate surface area is 134 Å². The molecule has 0 bridgehead atoms. The van der Waals surface area contributed by atoms with Crippen molar-refractivity contribution in [1.82, 2.24) is 10.6 Å². The van der Waals surface area contributed by atoms with Gasteiger partial charge in [-0.15, -0.1) is 0 Å². The summed E-state index contributed by atoms with van der Waals surface area (Å²) >= 11 is 0. The van der Waals surface area contributed by atoms with E-state index in [1.807, 2.05) is 4.90 Å². The summed E-state index contributed by atoms with van der Waals surface area (Å²) in [5.41, 5.74) is 0.684. The lowest BCUT2D eigenvalue weighted by molar-refractivity contribution is -0.384. The van der Waals surface area contributed by atoms with Crippen LogP contribution in [0.2, 0.25) is 0 Å². The van der Waals surface area contributed by atoms with Gasteiger partial charge in [-0.1, -0.05) is 0 Å². The first-order valence-corrected chi connectivity index (χ1v) is 7.45. The average molecular weight is 320 g/mol. The first kappa shape index (κ1) is 16.7. The molecule has 1 aromatic carbocycles. The molecule has 0 atom stereocenters. The standard InChI is InChI=1S/C15H20N4O4/c1-10(20)17-12-5-7-18(8-6-12)13-4-3-11(15(21)16-2)9-14(13)19(22)23/h3-4,9,12H,5-8H2,1-2H3,(H,16,21)(H,17,20). The molecule has 0 unspecified atom stereocenters. The lowest BCUT2D eigenvalue weighted by atomic mass is 10.0. The molecular weight excluding hydrogens is 300 g/mol. The van der Waals surface area contributed by atoms with E-state index in [-0.39, 0.29) is 29.1 Å². The Morgan fingerprint density at radius 3 is 2.48 bits per heavy atom. The van der Waals surface area contributed by atoms with E-state index in [1.54, 1.807) is 12.1 Å². The molecule has 0 spiro atoms. The van der Waals surface area contributed by atoms with Crippen LogP contribution in [-0.2, 0) is 4.79 Å². The van der Waals surface area contributed by atoms with Crippen molar-refractivity contribution in [3.8, 4) is 0 Å². The number of hydrogen-bond donors (Lipinski definition) is 2. The molecule has 124 valence electrons. The SMILES string of the molecule is CNC(=O)c1ccc(N2CCC(NC(C)=O)CC2)c([N+](=O)[O-])c1. The molecule has 23 heavy (non-hydrogen) atoms. The van der Waals surface area contributed by atoms with E-state index < -0.39 is 4.92 Å². The van der Waals surface area contributed by atoms with E-state index >= 15 is 0 Å². The fraction of sp³-hybridized carbons (Fsp3) is 0.467. The third-order valence-corrected chi connectivity index (χ3v) is 3.90. The van der Waals surface area contributed by atoms with Gasteiger partial charge in [-0.3, -0.25) is 19.7 Å². The van der Waals surface area contributed by atoms with Crippen molar-refractivity contribution in [2.75, 3.05) is 25.0 Å². The fourth-order valence-electron chi connectivity index (χ4n) is 2.77. The minimum atomic E-state index is -0.471. The maximum Gasteiger partial charge on any atom is 0.293 e. The molecule has 1 aliphatic heterocycles. The van der Waals surface area contributed by atoms with Crippen molar-refractivity contribution in [3.05, 3.63) is 33.9 Å². The van der Waals surface area contributed by atoms with E-state index in [2.05, 4.69) is 10.6 Å². The van der Waals surface area contributed by atoms with Gasteiger partial charge >= 0.3 is 0 Å². The predicted octanol–water partition coefficient (Wildman–Crippen LogP) is 1.06. The third kappa shape index (κ3) is 3.97. The third-order valence-electron chi connectivity index (χ3n) is 3.90. The van der Waals surface area contributed by atoms with E-state index in [9.17, 15) is 19.7 Å². The zero-order valence-electron chi connectivity index (χ0n) is 13.2. The second kappa shape index (κ2) is 7.08. The molecule has 1 fully saturated rings. The van der Waals surface area contributed by atoms with Crippen LogP contribution in [-0.4, -0.2) is 42.9 Å². The van der Waals surface area contributed by atoms with E-state index in [4.69, 9.17) is 0 Å². The lowest BCUT2D eigenvalue weighted by Gasteiger charge is -2.33. The van der Waals surface area contributed by atoms with Crippen LogP contribution in [0, 0.1) is 10.1 Å². The number of anilines is 1. The minimum absolute atomic E-state index is 0.0654. The van der Waals surface area contributed by atoms with Gasteiger partial charge < -0.3 is 15.5 Å². The molecule has 0 saturated carbocycles. The Hall–Kier alpha value is -2.64. The van der Waals surface area contributed by atoms with E-state index in [1.165, 1.54) is 20.0 Å². The number of nitrogens with zero attached hydrogens (tertiary/aromatic N) is 2. The summed E-state index contributed by atoms with van der Waals surface area (Å²) in [5.74, 6) is -0.423. The molecule has 8 nitrogen and oxygen atoms in total. The van der Waals surface area contributed by atoms with Crippen LogP contribution in [0.25, 0.3) is 0 Å². The highest BCUT2D eigenvalue weighted by Crippen LogP contribution is 2.31. The van der Waals surface area contributed by atoms with Crippen molar-refractivity contribution >= 4 is 23.2 Å². The van der Waals surface area contributed by atoms with Crippen LogP contribution >= 0.6 is 0 Å². The molecule has 1 heterocycles. The second-order valence-corrected chi connectivity index (χ2v) is 5.50. The van der Waals surface area contributed by atoms with Crippen LogP contribution in [0.3, 0.4) is 0 Å². The van der Waals surface area contributed by atoms with Gasteiger partial charge in [0.15, 0.2) is 0 Å². The first-order valence-electron chi connectivity index (χ1n) is 7.45. The van der Waals surface area contributed by atoms with Crippen LogP contribution in [0.15, 0.2) is 18.2 Å². The molecule has 0 aliphatic carbocycles. The Balaban J connectivity index is 2.18. The molecule has 1 aromatic rings. The molecule has 0 aromatic heterocycles. The smallest absolute Gasteiger partial charge is 0.293 e. The fourth-order valence-corrected chi connectivity index (χ4v) is 2.77. The molecule has 1 saturated heterocycles. The number of nitro benzene ring substituents is 1. The number of carbonyl (C=O) groups excluding carboxylic acids is 2. The summed E-state index contributed by atoms with van der Waals surface area (Å²) in [7, 11) is 1.48. The Morgan fingerprint density at radius 1 is 1.30 bits per heavy atom. The van der Waals surface area contributed by atoms with E-state index in [0.717, 1.165) is 12.8 Å². The normalized spacial score (nSPS) is 15.1. The number of rotatable bonds is 4. The summed E-state index contributed by atoms with van der Waals surface area (Å²) in [5, 5.41) is 16.7. The van der Waals surface area contributed by atoms with Crippen molar-refractivity contribution in [2.45, 2.75) is 25.8 Å². The topological polar surface area (TPSA) is 105 Å². The van der Waals surface area contributed by atoms with Crippen molar-refractivity contribution in [1.29, 1.82) is 0 Å². The summed E-state index contributed by atoms with van der Waals surface area (Å²) in [4.78, 5) is 35.5. The number of amides is 2. The molecule has 0 radical (unpaired) electrons. The first-order chi connectivity index (χ1) is 10.9. The molecule has 2 N–H and O–H groups in total. The van der Waals surface area contributed by atoms with Gasteiger partial charge in [0.25, 0.3) is 11.6 Å². The summed E-state index contributed by atoms with van der Waals surface area (Å²) in [6.07, 6.45) is 1.46. The molecule has 8 heteroatoms. The van der Waals surface area contributed by atoms with Gasteiger partial charge in [-0.05, 0) is 25.0 Å². The van der Waals surface area contributed by atoms with Crippen LogP contribution < -0.4 is 15.5 Å². The summed E-state index contributed by atoms with van der Waals surface area (Å²) in [6, 6.07) is 4.60. The van der Waals surface area contributed by atoms with Crippen LogP contribution in [0.5, 0.6) is 0 Å². The van der Waals surface area contributed by atoms with Crippen LogP contribution in [0.4, 0.5) is 11.4 Å².